The molecular weight excluding hydrogens is 280 g/mol. The second-order valence-electron chi connectivity index (χ2n) is 4.34. The molecule has 0 saturated heterocycles. The van der Waals surface area contributed by atoms with Crippen LogP contribution in [0.15, 0.2) is 29.2 Å². The summed E-state index contributed by atoms with van der Waals surface area (Å²) in [7, 11) is -2.07. The summed E-state index contributed by atoms with van der Waals surface area (Å²) >= 11 is 0. The van der Waals surface area contributed by atoms with Crippen LogP contribution in [0.5, 0.6) is 0 Å². The highest BCUT2D eigenvalue weighted by Gasteiger charge is 2.15. The monoisotopic (exact) mass is 300 g/mol. The minimum atomic E-state index is -3.65. The lowest BCUT2D eigenvalue weighted by Gasteiger charge is -2.08. The molecule has 0 atom stereocenters. The minimum absolute atomic E-state index is 0.157. The van der Waals surface area contributed by atoms with E-state index in [4.69, 9.17) is 4.74 Å². The molecule has 0 spiro atoms. The van der Waals surface area contributed by atoms with Gasteiger partial charge in [0, 0.05) is 20.3 Å². The van der Waals surface area contributed by atoms with Crippen molar-refractivity contribution in [3.63, 3.8) is 0 Å². The summed E-state index contributed by atoms with van der Waals surface area (Å²) in [5.41, 5.74) is 0.844. The van der Waals surface area contributed by atoms with Gasteiger partial charge in [-0.15, -0.1) is 0 Å². The zero-order valence-corrected chi connectivity index (χ0v) is 12.5. The molecule has 0 heterocycles. The van der Waals surface area contributed by atoms with Crippen LogP contribution in [0.25, 0.3) is 0 Å². The van der Waals surface area contributed by atoms with Crippen LogP contribution in [0.2, 0.25) is 0 Å². The molecular formula is C13H20N2O4S. The van der Waals surface area contributed by atoms with E-state index in [1.165, 1.54) is 6.07 Å². The number of carbonyl (C=O) groups is 1. The highest BCUT2D eigenvalue weighted by atomic mass is 32.2. The zero-order valence-electron chi connectivity index (χ0n) is 11.7. The fourth-order valence-electron chi connectivity index (χ4n) is 1.53. The van der Waals surface area contributed by atoms with E-state index < -0.39 is 10.0 Å². The highest BCUT2D eigenvalue weighted by molar-refractivity contribution is 7.89. The van der Waals surface area contributed by atoms with Crippen LogP contribution >= 0.6 is 0 Å². The standard InChI is InChI=1S/C13H20N2O4S/c1-11-5-3-6-12(9-11)20(17,18)15-10-13(16)14-7-4-8-19-2/h3,5-6,9,15H,4,7-8,10H2,1-2H3,(H,14,16). The first kappa shape index (κ1) is 16.6. The molecule has 0 aliphatic carbocycles. The average Bonchev–Trinajstić information content (AvgIpc) is 2.41. The smallest absolute Gasteiger partial charge is 0.241 e. The lowest BCUT2D eigenvalue weighted by atomic mass is 10.2. The number of amides is 1. The Kier molecular flexibility index (Phi) is 6.63. The van der Waals surface area contributed by atoms with E-state index in [9.17, 15) is 13.2 Å². The third-order valence-electron chi connectivity index (χ3n) is 2.57. The Morgan fingerprint density at radius 3 is 2.75 bits per heavy atom. The van der Waals surface area contributed by atoms with Gasteiger partial charge in [-0.1, -0.05) is 12.1 Å². The molecule has 2 N–H and O–H groups in total. The molecule has 0 fully saturated rings. The van der Waals surface area contributed by atoms with Crippen LogP contribution < -0.4 is 10.0 Å². The fraction of sp³-hybridized carbons (Fsp3) is 0.462. The van der Waals surface area contributed by atoms with E-state index in [2.05, 4.69) is 10.0 Å². The number of methoxy groups -OCH3 is 1. The molecule has 6 nitrogen and oxygen atoms in total. The maximum Gasteiger partial charge on any atom is 0.241 e. The number of aryl methyl sites for hydroxylation is 1. The van der Waals surface area contributed by atoms with Gasteiger partial charge >= 0.3 is 0 Å². The second-order valence-corrected chi connectivity index (χ2v) is 6.10. The van der Waals surface area contributed by atoms with Crippen LogP contribution in [0, 0.1) is 6.92 Å². The van der Waals surface area contributed by atoms with Gasteiger partial charge in [0.1, 0.15) is 0 Å². The van der Waals surface area contributed by atoms with Crippen molar-refractivity contribution in [3.05, 3.63) is 29.8 Å². The number of hydrogen-bond donors (Lipinski definition) is 2. The number of sulfonamides is 1. The predicted octanol–water partition coefficient (Wildman–Crippen LogP) is 0.426. The van der Waals surface area contributed by atoms with Crippen molar-refractivity contribution in [1.29, 1.82) is 0 Å². The van der Waals surface area contributed by atoms with E-state index in [-0.39, 0.29) is 17.3 Å². The van der Waals surface area contributed by atoms with E-state index >= 15 is 0 Å². The van der Waals surface area contributed by atoms with Crippen LogP contribution in [0.3, 0.4) is 0 Å². The minimum Gasteiger partial charge on any atom is -0.385 e. The molecule has 0 saturated carbocycles. The molecule has 1 aromatic rings. The molecule has 112 valence electrons. The molecule has 0 bridgehead atoms. The summed E-state index contributed by atoms with van der Waals surface area (Å²) in [4.78, 5) is 11.6. The Morgan fingerprint density at radius 2 is 2.10 bits per heavy atom. The third kappa shape index (κ3) is 5.68. The molecule has 7 heteroatoms. The Bertz CT molecular complexity index is 543. The van der Waals surface area contributed by atoms with E-state index in [1.54, 1.807) is 19.2 Å². The number of ether oxygens (including phenoxy) is 1. The summed E-state index contributed by atoms with van der Waals surface area (Å²) in [5, 5.41) is 2.61. The van der Waals surface area contributed by atoms with Crippen molar-refractivity contribution < 1.29 is 17.9 Å². The van der Waals surface area contributed by atoms with Gasteiger partial charge in [0.25, 0.3) is 0 Å². The van der Waals surface area contributed by atoms with Gasteiger partial charge < -0.3 is 10.1 Å². The Morgan fingerprint density at radius 1 is 1.35 bits per heavy atom. The number of benzene rings is 1. The van der Waals surface area contributed by atoms with Gasteiger partial charge in [-0.2, -0.15) is 0 Å². The molecule has 1 amide bonds. The number of hydrogen-bond acceptors (Lipinski definition) is 4. The number of carbonyl (C=O) groups excluding carboxylic acids is 1. The summed E-state index contributed by atoms with van der Waals surface area (Å²) in [6.07, 6.45) is 0.687. The second kappa shape index (κ2) is 7.98. The quantitative estimate of drug-likeness (QED) is 0.682. The van der Waals surface area contributed by atoms with Crippen LogP contribution in [-0.2, 0) is 19.6 Å². The highest BCUT2D eigenvalue weighted by Crippen LogP contribution is 2.10. The molecule has 0 aliphatic rings. The van der Waals surface area contributed by atoms with Crippen molar-refractivity contribution in [2.45, 2.75) is 18.2 Å². The lowest BCUT2D eigenvalue weighted by Crippen LogP contribution is -2.37. The van der Waals surface area contributed by atoms with Gasteiger partial charge in [0.2, 0.25) is 15.9 Å². The lowest BCUT2D eigenvalue weighted by molar-refractivity contribution is -0.120. The van der Waals surface area contributed by atoms with Crippen LogP contribution in [0.1, 0.15) is 12.0 Å². The van der Waals surface area contributed by atoms with E-state index in [1.807, 2.05) is 13.0 Å². The van der Waals surface area contributed by atoms with Gasteiger partial charge in [0.15, 0.2) is 0 Å². The van der Waals surface area contributed by atoms with Crippen LogP contribution in [-0.4, -0.2) is 41.1 Å². The summed E-state index contributed by atoms with van der Waals surface area (Å²) in [6.45, 7) is 2.54. The Balaban J connectivity index is 2.46. The average molecular weight is 300 g/mol. The molecule has 0 aromatic heterocycles. The van der Waals surface area contributed by atoms with Gasteiger partial charge in [-0.25, -0.2) is 13.1 Å². The summed E-state index contributed by atoms with van der Waals surface area (Å²) in [6, 6.07) is 6.51. The molecule has 0 aliphatic heterocycles. The van der Waals surface area contributed by atoms with Crippen molar-refractivity contribution in [2.75, 3.05) is 26.8 Å². The third-order valence-corrected chi connectivity index (χ3v) is 3.97. The number of rotatable bonds is 8. The molecule has 1 aromatic carbocycles. The van der Waals surface area contributed by atoms with Gasteiger partial charge in [-0.05, 0) is 31.0 Å². The first-order chi connectivity index (χ1) is 9.45. The normalized spacial score (nSPS) is 11.3. The molecule has 20 heavy (non-hydrogen) atoms. The molecule has 1 rings (SSSR count). The molecule has 0 radical (unpaired) electrons. The SMILES string of the molecule is COCCCNC(=O)CNS(=O)(=O)c1cccc(C)c1. The zero-order chi connectivity index (χ0) is 15.0. The Hall–Kier alpha value is -1.44. The number of nitrogens with one attached hydrogen (secondary N) is 2. The van der Waals surface area contributed by atoms with Crippen molar-refractivity contribution in [2.24, 2.45) is 0 Å². The summed E-state index contributed by atoms with van der Waals surface area (Å²) < 4.78 is 31.0. The van der Waals surface area contributed by atoms with E-state index in [0.29, 0.717) is 19.6 Å². The van der Waals surface area contributed by atoms with Gasteiger partial charge in [-0.3, -0.25) is 4.79 Å². The summed E-state index contributed by atoms with van der Waals surface area (Å²) in [5.74, 6) is -0.364. The van der Waals surface area contributed by atoms with Crippen molar-refractivity contribution in [1.82, 2.24) is 10.0 Å². The molecule has 0 unspecified atom stereocenters. The maximum atomic E-state index is 12.0. The van der Waals surface area contributed by atoms with Crippen molar-refractivity contribution >= 4 is 15.9 Å². The Labute approximate surface area is 119 Å². The largest absolute Gasteiger partial charge is 0.385 e. The fourth-order valence-corrected chi connectivity index (χ4v) is 2.62. The first-order valence-electron chi connectivity index (χ1n) is 6.27. The first-order valence-corrected chi connectivity index (χ1v) is 7.76. The topological polar surface area (TPSA) is 84.5 Å². The van der Waals surface area contributed by atoms with Crippen molar-refractivity contribution in [3.8, 4) is 0 Å². The predicted molar refractivity (Wildman–Crippen MR) is 75.9 cm³/mol. The van der Waals surface area contributed by atoms with E-state index in [0.717, 1.165) is 5.56 Å². The maximum absolute atomic E-state index is 12.0. The van der Waals surface area contributed by atoms with Crippen LogP contribution in [0.4, 0.5) is 0 Å². The van der Waals surface area contributed by atoms with Gasteiger partial charge in [0.05, 0.1) is 11.4 Å².